The van der Waals surface area contributed by atoms with Gasteiger partial charge in [0.25, 0.3) is 0 Å². The number of rotatable bonds is 8. The smallest absolute Gasteiger partial charge is 0.238 e. The first-order valence-electron chi connectivity index (χ1n) is 13.5. The Morgan fingerprint density at radius 1 is 1.00 bits per heavy atom. The summed E-state index contributed by atoms with van der Waals surface area (Å²) >= 11 is 1.74. The number of piperidine rings is 1. The van der Waals surface area contributed by atoms with Gasteiger partial charge in [0.15, 0.2) is 0 Å². The van der Waals surface area contributed by atoms with Crippen LogP contribution >= 0.6 is 11.8 Å². The molecule has 2 N–H and O–H groups in total. The SMILES string of the molecule is Cc1ccc(C2NC(C(=O)NCCCN3CCC(=C(c4ccc(F)cc4)c4ccc(F)cc4)CC3)CS2)cn1. The van der Waals surface area contributed by atoms with E-state index in [2.05, 4.69) is 26.6 Å². The molecule has 2 aliphatic heterocycles. The van der Waals surface area contributed by atoms with Crippen LogP contribution in [-0.2, 0) is 4.79 Å². The Morgan fingerprint density at radius 3 is 2.23 bits per heavy atom. The van der Waals surface area contributed by atoms with Gasteiger partial charge in [-0.2, -0.15) is 0 Å². The second-order valence-electron chi connectivity index (χ2n) is 10.1. The monoisotopic (exact) mass is 548 g/mol. The molecule has 0 aliphatic carbocycles. The zero-order chi connectivity index (χ0) is 27.2. The van der Waals surface area contributed by atoms with E-state index in [4.69, 9.17) is 0 Å². The van der Waals surface area contributed by atoms with Crippen molar-refractivity contribution < 1.29 is 13.6 Å². The van der Waals surface area contributed by atoms with E-state index in [1.807, 2.05) is 19.2 Å². The second-order valence-corrected chi connectivity index (χ2v) is 11.3. The number of nitrogens with one attached hydrogen (secondary N) is 2. The molecule has 2 aliphatic rings. The number of aromatic nitrogens is 1. The molecule has 0 saturated carbocycles. The number of carbonyl (C=O) groups excluding carboxylic acids is 1. The molecule has 2 fully saturated rings. The molecule has 0 spiro atoms. The third-order valence-electron chi connectivity index (χ3n) is 7.36. The van der Waals surface area contributed by atoms with E-state index in [0.717, 1.165) is 72.6 Å². The van der Waals surface area contributed by atoms with Crippen LogP contribution in [-0.4, -0.2) is 53.8 Å². The number of pyridine rings is 1. The summed E-state index contributed by atoms with van der Waals surface area (Å²) in [6, 6.07) is 17.0. The first kappa shape index (κ1) is 27.5. The van der Waals surface area contributed by atoms with Crippen molar-refractivity contribution in [2.75, 3.05) is 31.9 Å². The van der Waals surface area contributed by atoms with Crippen LogP contribution in [0.2, 0.25) is 0 Å². The van der Waals surface area contributed by atoms with Crippen LogP contribution in [0.1, 0.15) is 47.0 Å². The van der Waals surface area contributed by atoms with E-state index in [0.29, 0.717) is 6.54 Å². The van der Waals surface area contributed by atoms with Crippen molar-refractivity contribution in [1.29, 1.82) is 0 Å². The van der Waals surface area contributed by atoms with Gasteiger partial charge in [-0.1, -0.05) is 35.9 Å². The number of thioether (sulfide) groups is 1. The minimum atomic E-state index is -0.269. The quantitative estimate of drug-likeness (QED) is 0.366. The minimum absolute atomic E-state index is 0.0529. The van der Waals surface area contributed by atoms with Crippen molar-refractivity contribution in [2.24, 2.45) is 0 Å². The third-order valence-corrected chi connectivity index (χ3v) is 8.63. The molecule has 204 valence electrons. The van der Waals surface area contributed by atoms with Crippen LogP contribution < -0.4 is 10.6 Å². The predicted molar refractivity (Wildman–Crippen MR) is 153 cm³/mol. The van der Waals surface area contributed by atoms with Gasteiger partial charge in [-0.05, 0) is 85.3 Å². The highest BCUT2D eigenvalue weighted by molar-refractivity contribution is 7.99. The lowest BCUT2D eigenvalue weighted by Crippen LogP contribution is -2.43. The van der Waals surface area contributed by atoms with Gasteiger partial charge in [-0.25, -0.2) is 8.78 Å². The zero-order valence-corrected chi connectivity index (χ0v) is 22.9. The maximum absolute atomic E-state index is 13.6. The fraction of sp³-hybridized carbons (Fsp3) is 0.355. The highest BCUT2D eigenvalue weighted by Crippen LogP contribution is 2.33. The number of aryl methyl sites for hydroxylation is 1. The van der Waals surface area contributed by atoms with E-state index >= 15 is 0 Å². The van der Waals surface area contributed by atoms with Crippen molar-refractivity contribution in [3.8, 4) is 0 Å². The lowest BCUT2D eigenvalue weighted by molar-refractivity contribution is -0.122. The summed E-state index contributed by atoms with van der Waals surface area (Å²) in [5, 5.41) is 6.61. The van der Waals surface area contributed by atoms with Crippen molar-refractivity contribution in [2.45, 2.75) is 37.6 Å². The Balaban J connectivity index is 1.10. The molecule has 1 aromatic heterocycles. The maximum atomic E-state index is 13.6. The Labute approximate surface area is 233 Å². The molecule has 2 saturated heterocycles. The van der Waals surface area contributed by atoms with Crippen molar-refractivity contribution in [3.63, 3.8) is 0 Å². The molecule has 0 bridgehead atoms. The number of halogens is 2. The molecule has 0 radical (unpaired) electrons. The molecule has 2 unspecified atom stereocenters. The number of carbonyl (C=O) groups is 1. The summed E-state index contributed by atoms with van der Waals surface area (Å²) < 4.78 is 27.2. The summed E-state index contributed by atoms with van der Waals surface area (Å²) in [4.78, 5) is 19.5. The van der Waals surface area contributed by atoms with Gasteiger partial charge in [0.2, 0.25) is 5.91 Å². The van der Waals surface area contributed by atoms with Gasteiger partial charge in [-0.15, -0.1) is 11.8 Å². The summed E-state index contributed by atoms with van der Waals surface area (Å²) in [5.74, 6) is 0.262. The number of benzene rings is 2. The van der Waals surface area contributed by atoms with Gasteiger partial charge >= 0.3 is 0 Å². The summed E-state index contributed by atoms with van der Waals surface area (Å²) in [7, 11) is 0. The van der Waals surface area contributed by atoms with Gasteiger partial charge in [0.05, 0.1) is 11.4 Å². The Bertz CT molecular complexity index is 1240. The normalized spacial score (nSPS) is 19.7. The van der Waals surface area contributed by atoms with Crippen LogP contribution in [0.25, 0.3) is 5.57 Å². The predicted octanol–water partition coefficient (Wildman–Crippen LogP) is 5.48. The van der Waals surface area contributed by atoms with Gasteiger partial charge in [-0.3, -0.25) is 15.1 Å². The molecule has 5 nitrogen and oxygen atoms in total. The molecule has 2 atom stereocenters. The lowest BCUT2D eigenvalue weighted by atomic mass is 9.88. The van der Waals surface area contributed by atoms with E-state index in [1.54, 1.807) is 36.0 Å². The molecule has 39 heavy (non-hydrogen) atoms. The molecule has 5 rings (SSSR count). The minimum Gasteiger partial charge on any atom is -0.355 e. The topological polar surface area (TPSA) is 57.3 Å². The molecule has 1 amide bonds. The van der Waals surface area contributed by atoms with Crippen molar-refractivity contribution >= 4 is 23.2 Å². The molecule has 2 aromatic carbocycles. The van der Waals surface area contributed by atoms with E-state index in [9.17, 15) is 13.6 Å². The van der Waals surface area contributed by atoms with E-state index < -0.39 is 0 Å². The van der Waals surface area contributed by atoms with Gasteiger partial charge in [0, 0.05) is 37.3 Å². The number of nitrogens with zero attached hydrogens (tertiary/aromatic N) is 2. The average Bonchev–Trinajstić information content (AvgIpc) is 3.45. The third kappa shape index (κ3) is 7.12. The molecule has 3 aromatic rings. The van der Waals surface area contributed by atoms with Crippen LogP contribution in [0.15, 0.2) is 72.4 Å². The Hall–Kier alpha value is -3.07. The lowest BCUT2D eigenvalue weighted by Gasteiger charge is -2.30. The van der Waals surface area contributed by atoms with Crippen LogP contribution in [0.3, 0.4) is 0 Å². The van der Waals surface area contributed by atoms with Crippen LogP contribution in [0.5, 0.6) is 0 Å². The number of likely N-dealkylation sites (tertiary alicyclic amines) is 1. The Kier molecular flexibility index (Phi) is 9.06. The summed E-state index contributed by atoms with van der Waals surface area (Å²) in [5.41, 5.74) is 6.37. The zero-order valence-electron chi connectivity index (χ0n) is 22.1. The Morgan fingerprint density at radius 2 is 1.64 bits per heavy atom. The molecular weight excluding hydrogens is 514 g/mol. The van der Waals surface area contributed by atoms with Crippen molar-refractivity contribution in [1.82, 2.24) is 20.5 Å². The van der Waals surface area contributed by atoms with Gasteiger partial charge < -0.3 is 10.2 Å². The number of hydrogen-bond donors (Lipinski definition) is 2. The first-order chi connectivity index (χ1) is 19.0. The van der Waals surface area contributed by atoms with Crippen LogP contribution in [0.4, 0.5) is 8.78 Å². The average molecular weight is 549 g/mol. The highest BCUT2D eigenvalue weighted by Gasteiger charge is 2.30. The maximum Gasteiger partial charge on any atom is 0.238 e. The largest absolute Gasteiger partial charge is 0.355 e. The van der Waals surface area contributed by atoms with E-state index in [1.165, 1.54) is 29.8 Å². The molecule has 8 heteroatoms. The van der Waals surface area contributed by atoms with Crippen molar-refractivity contribution in [3.05, 3.63) is 106 Å². The van der Waals surface area contributed by atoms with Gasteiger partial charge in [0.1, 0.15) is 11.6 Å². The van der Waals surface area contributed by atoms with E-state index in [-0.39, 0.29) is 29.0 Å². The molecule has 3 heterocycles. The number of amides is 1. The second kappa shape index (κ2) is 12.9. The fourth-order valence-corrected chi connectivity index (χ4v) is 6.42. The molecular formula is C31H34F2N4OS. The standard InChI is InChI=1S/C31H34F2N4OS/c1-21-3-4-25(19-35-21)31-36-28(20-39-31)30(38)34-15-2-16-37-17-13-24(14-18-37)29(22-5-9-26(32)10-6-22)23-7-11-27(33)12-8-23/h3-12,19,28,31,36H,2,13-18,20H2,1H3,(H,34,38). The first-order valence-corrected chi connectivity index (χ1v) is 14.6. The highest BCUT2D eigenvalue weighted by atomic mass is 32.2. The van der Waals surface area contributed by atoms with Crippen LogP contribution in [0, 0.1) is 18.6 Å². The fourth-order valence-electron chi connectivity index (χ4n) is 5.19. The summed E-state index contributed by atoms with van der Waals surface area (Å²) in [6.45, 7) is 5.37. The number of hydrogen-bond acceptors (Lipinski definition) is 5. The summed E-state index contributed by atoms with van der Waals surface area (Å²) in [6.07, 6.45) is 4.56.